The van der Waals surface area contributed by atoms with Gasteiger partial charge in [-0.15, -0.1) is 0 Å². The molecule has 0 saturated carbocycles. The van der Waals surface area contributed by atoms with Crippen LogP contribution in [0.2, 0.25) is 5.02 Å². The highest BCUT2D eigenvalue weighted by atomic mass is 35.5. The summed E-state index contributed by atoms with van der Waals surface area (Å²) in [5, 5.41) is 3.61. The van der Waals surface area contributed by atoms with Crippen molar-refractivity contribution in [1.82, 2.24) is 4.90 Å². The zero-order chi connectivity index (χ0) is 12.3. The molecule has 2 rings (SSSR count). The maximum atomic E-state index is 12.1. The Morgan fingerprint density at radius 3 is 2.71 bits per heavy atom. The second-order valence-corrected chi connectivity index (χ2v) is 4.92. The standard InChI is InChI=1S/C13H17ClN2O/c1-16-9-3-2-4-12(16)13(17)15-11-7-5-10(14)6-8-11/h5-8,12H,2-4,9H2,1H3,(H,15,17). The molecule has 3 nitrogen and oxygen atoms in total. The van der Waals surface area contributed by atoms with Gasteiger partial charge in [0.1, 0.15) is 0 Å². The summed E-state index contributed by atoms with van der Waals surface area (Å²) in [6.07, 6.45) is 3.25. The molecule has 4 heteroatoms. The maximum absolute atomic E-state index is 12.1. The number of piperidine rings is 1. The van der Waals surface area contributed by atoms with Gasteiger partial charge in [-0.25, -0.2) is 0 Å². The lowest BCUT2D eigenvalue weighted by Crippen LogP contribution is -2.44. The Labute approximate surface area is 107 Å². The van der Waals surface area contributed by atoms with Gasteiger partial charge in [-0.3, -0.25) is 9.69 Å². The number of hydrogen-bond acceptors (Lipinski definition) is 2. The predicted molar refractivity (Wildman–Crippen MR) is 70.4 cm³/mol. The van der Waals surface area contributed by atoms with Crippen LogP contribution in [0.15, 0.2) is 24.3 Å². The number of carbonyl (C=O) groups excluding carboxylic acids is 1. The van der Waals surface area contributed by atoms with Gasteiger partial charge in [-0.1, -0.05) is 18.0 Å². The Balaban J connectivity index is 1.98. The summed E-state index contributed by atoms with van der Waals surface area (Å²) in [6, 6.07) is 7.20. The summed E-state index contributed by atoms with van der Waals surface area (Å²) in [5.74, 6) is 0.0783. The van der Waals surface area contributed by atoms with Gasteiger partial charge in [0.25, 0.3) is 0 Å². The Bertz CT molecular complexity index is 391. The molecule has 1 aliphatic heterocycles. The first-order chi connectivity index (χ1) is 8.16. The Hall–Kier alpha value is -1.06. The minimum absolute atomic E-state index is 0.000530. The number of nitrogens with one attached hydrogen (secondary N) is 1. The Morgan fingerprint density at radius 1 is 1.35 bits per heavy atom. The number of likely N-dealkylation sites (tertiary alicyclic amines) is 1. The van der Waals surface area contributed by atoms with E-state index in [1.807, 2.05) is 19.2 Å². The molecule has 1 aromatic carbocycles. The van der Waals surface area contributed by atoms with E-state index < -0.39 is 0 Å². The van der Waals surface area contributed by atoms with Crippen molar-refractivity contribution in [3.05, 3.63) is 29.3 Å². The summed E-state index contributed by atoms with van der Waals surface area (Å²) in [7, 11) is 2.01. The number of likely N-dealkylation sites (N-methyl/N-ethyl adjacent to an activating group) is 1. The van der Waals surface area contributed by atoms with Gasteiger partial charge in [0.05, 0.1) is 6.04 Å². The minimum Gasteiger partial charge on any atom is -0.325 e. The summed E-state index contributed by atoms with van der Waals surface area (Å²) >= 11 is 5.80. The SMILES string of the molecule is CN1CCCCC1C(=O)Nc1ccc(Cl)cc1. The van der Waals surface area contributed by atoms with Crippen molar-refractivity contribution in [3.8, 4) is 0 Å². The quantitative estimate of drug-likeness (QED) is 0.878. The largest absolute Gasteiger partial charge is 0.325 e. The van der Waals surface area contributed by atoms with Crippen LogP contribution < -0.4 is 5.32 Å². The van der Waals surface area contributed by atoms with Crippen molar-refractivity contribution in [3.63, 3.8) is 0 Å². The van der Waals surface area contributed by atoms with Crippen LogP contribution in [0.25, 0.3) is 0 Å². The summed E-state index contributed by atoms with van der Waals surface area (Å²) in [4.78, 5) is 14.2. The van der Waals surface area contributed by atoms with Crippen LogP contribution in [0.5, 0.6) is 0 Å². The molecular formula is C13H17ClN2O. The first-order valence-electron chi connectivity index (χ1n) is 5.93. The molecule has 1 aliphatic rings. The van der Waals surface area contributed by atoms with Gasteiger partial charge in [-0.05, 0) is 50.7 Å². The van der Waals surface area contributed by atoms with E-state index in [0.717, 1.165) is 25.1 Å². The topological polar surface area (TPSA) is 32.3 Å². The average molecular weight is 253 g/mol. The molecule has 92 valence electrons. The van der Waals surface area contributed by atoms with Crippen molar-refractivity contribution >= 4 is 23.2 Å². The lowest BCUT2D eigenvalue weighted by atomic mass is 10.0. The number of nitrogens with zero attached hydrogens (tertiary/aromatic N) is 1. The van der Waals surface area contributed by atoms with E-state index in [9.17, 15) is 4.79 Å². The van der Waals surface area contributed by atoms with Crippen molar-refractivity contribution in [1.29, 1.82) is 0 Å². The fourth-order valence-corrected chi connectivity index (χ4v) is 2.29. The van der Waals surface area contributed by atoms with Crippen molar-refractivity contribution < 1.29 is 4.79 Å². The van der Waals surface area contributed by atoms with Crippen molar-refractivity contribution in [2.75, 3.05) is 18.9 Å². The smallest absolute Gasteiger partial charge is 0.241 e. The third-order valence-electron chi connectivity index (χ3n) is 3.18. The number of hydrogen-bond donors (Lipinski definition) is 1. The van der Waals surface area contributed by atoms with Crippen LogP contribution >= 0.6 is 11.6 Å². The highest BCUT2D eigenvalue weighted by Crippen LogP contribution is 2.18. The number of rotatable bonds is 2. The minimum atomic E-state index is -0.000530. The number of halogens is 1. The normalized spacial score (nSPS) is 21.2. The molecular weight excluding hydrogens is 236 g/mol. The second kappa shape index (κ2) is 5.52. The van der Waals surface area contributed by atoms with Gasteiger partial charge in [0.2, 0.25) is 5.91 Å². The van der Waals surface area contributed by atoms with E-state index in [1.165, 1.54) is 6.42 Å². The van der Waals surface area contributed by atoms with Crippen LogP contribution in [-0.2, 0) is 4.79 Å². The van der Waals surface area contributed by atoms with Gasteiger partial charge >= 0.3 is 0 Å². The monoisotopic (exact) mass is 252 g/mol. The molecule has 1 unspecified atom stereocenters. The van der Waals surface area contributed by atoms with E-state index in [2.05, 4.69) is 10.2 Å². The summed E-state index contributed by atoms with van der Waals surface area (Å²) in [5.41, 5.74) is 0.804. The van der Waals surface area contributed by atoms with Gasteiger partial charge in [-0.2, -0.15) is 0 Å². The Kier molecular flexibility index (Phi) is 4.02. The number of anilines is 1. The van der Waals surface area contributed by atoms with E-state index in [0.29, 0.717) is 5.02 Å². The molecule has 1 heterocycles. The molecule has 1 atom stereocenters. The van der Waals surface area contributed by atoms with Crippen LogP contribution in [0, 0.1) is 0 Å². The maximum Gasteiger partial charge on any atom is 0.241 e. The van der Waals surface area contributed by atoms with Crippen LogP contribution in [0.4, 0.5) is 5.69 Å². The number of amides is 1. The Morgan fingerprint density at radius 2 is 2.06 bits per heavy atom. The van der Waals surface area contributed by atoms with Crippen molar-refractivity contribution in [2.24, 2.45) is 0 Å². The van der Waals surface area contributed by atoms with Crippen LogP contribution in [0.1, 0.15) is 19.3 Å². The number of benzene rings is 1. The molecule has 1 aromatic rings. The molecule has 1 N–H and O–H groups in total. The fraction of sp³-hybridized carbons (Fsp3) is 0.462. The first-order valence-corrected chi connectivity index (χ1v) is 6.31. The molecule has 0 aliphatic carbocycles. The molecule has 1 amide bonds. The van der Waals surface area contributed by atoms with E-state index in [-0.39, 0.29) is 11.9 Å². The fourth-order valence-electron chi connectivity index (χ4n) is 2.17. The van der Waals surface area contributed by atoms with Crippen molar-refractivity contribution in [2.45, 2.75) is 25.3 Å². The third kappa shape index (κ3) is 3.20. The zero-order valence-corrected chi connectivity index (χ0v) is 10.7. The van der Waals surface area contributed by atoms with Gasteiger partial charge in [0, 0.05) is 10.7 Å². The molecule has 17 heavy (non-hydrogen) atoms. The molecule has 1 saturated heterocycles. The lowest BCUT2D eigenvalue weighted by molar-refractivity contribution is -0.121. The number of carbonyl (C=O) groups is 1. The van der Waals surface area contributed by atoms with E-state index >= 15 is 0 Å². The zero-order valence-electron chi connectivity index (χ0n) is 9.95. The predicted octanol–water partition coefficient (Wildman–Crippen LogP) is 2.76. The van der Waals surface area contributed by atoms with Gasteiger partial charge in [0.15, 0.2) is 0 Å². The van der Waals surface area contributed by atoms with Crippen LogP contribution in [-0.4, -0.2) is 30.4 Å². The van der Waals surface area contributed by atoms with Gasteiger partial charge < -0.3 is 5.32 Å². The third-order valence-corrected chi connectivity index (χ3v) is 3.44. The molecule has 0 radical (unpaired) electrons. The lowest BCUT2D eigenvalue weighted by Gasteiger charge is -2.31. The second-order valence-electron chi connectivity index (χ2n) is 4.49. The molecule has 1 fully saturated rings. The van der Waals surface area contributed by atoms with E-state index in [4.69, 9.17) is 11.6 Å². The van der Waals surface area contributed by atoms with E-state index in [1.54, 1.807) is 12.1 Å². The molecule has 0 bridgehead atoms. The first kappa shape index (κ1) is 12.4. The molecule has 0 aromatic heterocycles. The molecule has 0 spiro atoms. The summed E-state index contributed by atoms with van der Waals surface area (Å²) in [6.45, 7) is 0.999. The average Bonchev–Trinajstić information content (AvgIpc) is 2.32. The highest BCUT2D eigenvalue weighted by molar-refractivity contribution is 6.30. The highest BCUT2D eigenvalue weighted by Gasteiger charge is 2.25. The van der Waals surface area contributed by atoms with Crippen LogP contribution in [0.3, 0.4) is 0 Å². The summed E-state index contributed by atoms with van der Waals surface area (Å²) < 4.78 is 0.